The van der Waals surface area contributed by atoms with Crippen LogP contribution in [0.15, 0.2) is 224 Å². The Morgan fingerprint density at radius 1 is 0.284 bits per heavy atom. The van der Waals surface area contributed by atoms with Crippen LogP contribution in [0.1, 0.15) is 50.7 Å². The van der Waals surface area contributed by atoms with Crippen LogP contribution in [0.2, 0.25) is 0 Å². The Morgan fingerprint density at radius 2 is 0.730 bits per heavy atom. The number of nitrogens with zero attached hydrogens (tertiary/aromatic N) is 2. The zero-order valence-electron chi connectivity index (χ0n) is 41.3. The molecule has 0 unspecified atom stereocenters. The number of benzene rings is 11. The fraction of sp³-hybridized carbons (Fsp3) is 0.0882. The van der Waals surface area contributed by atoms with Gasteiger partial charge in [-0.3, -0.25) is 0 Å². The summed E-state index contributed by atoms with van der Waals surface area (Å²) in [6.45, 7) is 8.92. The van der Waals surface area contributed by atoms with Crippen LogP contribution in [0, 0.1) is 0 Å². The Balaban J connectivity index is 0.856. The van der Waals surface area contributed by atoms with E-state index in [1.165, 1.54) is 11.1 Å². The maximum atomic E-state index is 6.97. The quantitative estimate of drug-likeness (QED) is 0.151. The zero-order valence-corrected chi connectivity index (χ0v) is 41.3. The number of rotatable bonds is 8. The first-order chi connectivity index (χ1) is 36.3. The highest BCUT2D eigenvalue weighted by atomic mass is 16.3. The fourth-order valence-electron chi connectivity index (χ4n) is 11.5. The van der Waals surface area contributed by atoms with Crippen molar-refractivity contribution in [2.24, 2.45) is 0 Å². The highest BCUT2D eigenvalue weighted by Crippen LogP contribution is 2.47. The van der Waals surface area contributed by atoms with Crippen LogP contribution >= 0.6 is 0 Å². The summed E-state index contributed by atoms with van der Waals surface area (Å²) >= 11 is 0. The first kappa shape index (κ1) is 42.4. The van der Waals surface area contributed by atoms with Crippen LogP contribution in [-0.2, 0) is 0 Å². The highest BCUT2D eigenvalue weighted by molar-refractivity contribution is 6.24. The van der Waals surface area contributed by atoms with Crippen molar-refractivity contribution in [3.63, 3.8) is 0 Å². The Kier molecular flexibility index (Phi) is 9.24. The normalized spacial score (nSPS) is 12.3. The summed E-state index contributed by atoms with van der Waals surface area (Å²) in [5.74, 6) is 0.841. The third-order valence-electron chi connectivity index (χ3n) is 15.4. The lowest BCUT2D eigenvalue weighted by molar-refractivity contribution is 0.663. The zero-order chi connectivity index (χ0) is 49.3. The lowest BCUT2D eigenvalue weighted by atomic mass is 10.0. The molecule has 0 fully saturated rings. The molecule has 4 heterocycles. The van der Waals surface area contributed by atoms with Crippen molar-refractivity contribution < 1.29 is 17.7 Å². The standard InChI is InChI=1S/C68H48N2O4/c1-39(2)41-19-25-47(26-20-41)69(58-15-9-13-53-51-11-5-7-17-60(51)72-66(53)58)49-29-23-43-35-56-55-31-32-62-65(68(55)74-63(56)37-45(43)33-49)57-36-44-24-30-50(34-46(44)38-64(57)71-62)70(48-27-21-42(22-28-48)40(3)4)59-16-10-14-54-52-12-6-8-18-61(52)73-67(54)59/h5-40H,1-4H3. The minimum atomic E-state index is 0.421. The minimum absolute atomic E-state index is 0.421. The molecule has 0 aliphatic carbocycles. The van der Waals surface area contributed by atoms with Crippen molar-refractivity contribution in [1.82, 2.24) is 0 Å². The smallest absolute Gasteiger partial charge is 0.159 e. The monoisotopic (exact) mass is 956 g/mol. The van der Waals surface area contributed by atoms with Crippen molar-refractivity contribution in [3.05, 3.63) is 217 Å². The fourth-order valence-corrected chi connectivity index (χ4v) is 11.5. The molecule has 0 aliphatic rings. The van der Waals surface area contributed by atoms with Gasteiger partial charge in [-0.05, 0) is 154 Å². The first-order valence-corrected chi connectivity index (χ1v) is 25.6. The van der Waals surface area contributed by atoms with Crippen LogP contribution in [0.3, 0.4) is 0 Å². The minimum Gasteiger partial charge on any atom is -0.456 e. The van der Waals surface area contributed by atoms with Gasteiger partial charge in [0.15, 0.2) is 11.2 Å². The molecule has 11 aromatic carbocycles. The van der Waals surface area contributed by atoms with Crippen molar-refractivity contribution in [1.29, 1.82) is 0 Å². The van der Waals surface area contributed by atoms with Gasteiger partial charge in [-0.25, -0.2) is 0 Å². The lowest BCUT2D eigenvalue weighted by Gasteiger charge is -2.26. The number of hydrogen-bond donors (Lipinski definition) is 0. The van der Waals surface area contributed by atoms with Crippen LogP contribution < -0.4 is 9.80 Å². The maximum Gasteiger partial charge on any atom is 0.159 e. The van der Waals surface area contributed by atoms with E-state index < -0.39 is 0 Å². The van der Waals surface area contributed by atoms with Gasteiger partial charge in [0.2, 0.25) is 0 Å². The molecule has 0 N–H and O–H groups in total. The van der Waals surface area contributed by atoms with Gasteiger partial charge in [-0.2, -0.15) is 0 Å². The van der Waals surface area contributed by atoms with Crippen molar-refractivity contribution in [2.45, 2.75) is 39.5 Å². The van der Waals surface area contributed by atoms with Gasteiger partial charge in [0.25, 0.3) is 0 Å². The van der Waals surface area contributed by atoms with Crippen molar-refractivity contribution in [3.8, 4) is 0 Å². The number of anilines is 6. The van der Waals surface area contributed by atoms with Gasteiger partial charge in [-0.1, -0.05) is 125 Å². The second-order valence-corrected chi connectivity index (χ2v) is 20.4. The molecule has 0 amide bonds. The second-order valence-electron chi connectivity index (χ2n) is 20.4. The van der Waals surface area contributed by atoms with E-state index >= 15 is 0 Å². The van der Waals surface area contributed by atoms with Gasteiger partial charge in [0, 0.05) is 60.5 Å². The third-order valence-corrected chi connectivity index (χ3v) is 15.4. The molecule has 0 aliphatic heterocycles. The molecule has 354 valence electrons. The van der Waals surface area contributed by atoms with Crippen LogP contribution in [0.5, 0.6) is 0 Å². The Bertz CT molecular complexity index is 4740. The maximum absolute atomic E-state index is 6.97. The van der Waals surface area contributed by atoms with E-state index in [0.29, 0.717) is 11.8 Å². The molecule has 0 atom stereocenters. The predicted octanol–water partition coefficient (Wildman–Crippen LogP) is 20.8. The molecular weight excluding hydrogens is 909 g/mol. The largest absolute Gasteiger partial charge is 0.456 e. The van der Waals surface area contributed by atoms with E-state index in [1.807, 2.05) is 24.3 Å². The van der Waals surface area contributed by atoms with Crippen molar-refractivity contribution in [2.75, 3.05) is 9.80 Å². The van der Waals surface area contributed by atoms with E-state index in [4.69, 9.17) is 17.7 Å². The summed E-state index contributed by atoms with van der Waals surface area (Å²) in [6.07, 6.45) is 0. The van der Waals surface area contributed by atoms with Crippen LogP contribution in [0.25, 0.3) is 109 Å². The molecule has 6 nitrogen and oxygen atoms in total. The molecule has 4 aromatic heterocycles. The molecule has 0 bridgehead atoms. The topological polar surface area (TPSA) is 59.0 Å². The Labute approximate surface area is 425 Å². The molecule has 0 radical (unpaired) electrons. The SMILES string of the molecule is CC(C)c1ccc(N(c2ccc3cc4c(cc3c2)oc2c4ccc3oc4cc5cc(N(c6ccc(C(C)C)cc6)c6cccc7c6oc6ccccc67)ccc5cc4c32)c2cccc3c2oc2ccccc23)cc1. The summed E-state index contributed by atoms with van der Waals surface area (Å²) in [6, 6.07) is 73.7. The average molecular weight is 957 g/mol. The van der Waals surface area contributed by atoms with E-state index in [0.717, 1.165) is 143 Å². The van der Waals surface area contributed by atoms with E-state index in [-0.39, 0.29) is 0 Å². The number of fused-ring (bicyclic) bond motifs is 15. The second kappa shape index (κ2) is 16.1. The molecule has 15 aromatic rings. The highest BCUT2D eigenvalue weighted by Gasteiger charge is 2.24. The van der Waals surface area contributed by atoms with Crippen LogP contribution in [0.4, 0.5) is 34.1 Å². The molecule has 0 saturated heterocycles. The van der Waals surface area contributed by atoms with E-state index in [2.05, 4.69) is 219 Å². The van der Waals surface area contributed by atoms with E-state index in [9.17, 15) is 0 Å². The number of para-hydroxylation sites is 4. The summed E-state index contributed by atoms with van der Waals surface area (Å²) in [7, 11) is 0. The summed E-state index contributed by atoms with van der Waals surface area (Å²) < 4.78 is 27.0. The van der Waals surface area contributed by atoms with Gasteiger partial charge >= 0.3 is 0 Å². The summed E-state index contributed by atoms with van der Waals surface area (Å²) in [5, 5.41) is 12.9. The average Bonchev–Trinajstić information content (AvgIpc) is 4.24. The summed E-state index contributed by atoms with van der Waals surface area (Å²) in [4.78, 5) is 4.62. The molecule has 0 spiro atoms. The molecule has 74 heavy (non-hydrogen) atoms. The Hall–Kier alpha value is -9.26. The van der Waals surface area contributed by atoms with Crippen LogP contribution in [-0.4, -0.2) is 0 Å². The molecular formula is C68H48N2O4. The summed E-state index contributed by atoms with van der Waals surface area (Å²) in [5.41, 5.74) is 15.4. The van der Waals surface area contributed by atoms with Gasteiger partial charge in [-0.15, -0.1) is 0 Å². The molecule has 15 rings (SSSR count). The molecule has 6 heteroatoms. The third kappa shape index (κ3) is 6.51. The number of furan rings is 4. The van der Waals surface area contributed by atoms with Crippen molar-refractivity contribution >= 4 is 143 Å². The molecule has 0 saturated carbocycles. The first-order valence-electron chi connectivity index (χ1n) is 25.6. The van der Waals surface area contributed by atoms with Gasteiger partial charge < -0.3 is 27.5 Å². The predicted molar refractivity (Wildman–Crippen MR) is 308 cm³/mol. The number of hydrogen-bond acceptors (Lipinski definition) is 6. The van der Waals surface area contributed by atoms with E-state index in [1.54, 1.807) is 0 Å². The Morgan fingerprint density at radius 3 is 1.26 bits per heavy atom. The lowest BCUT2D eigenvalue weighted by Crippen LogP contribution is -2.10. The van der Waals surface area contributed by atoms with Gasteiger partial charge in [0.1, 0.15) is 33.5 Å². The van der Waals surface area contributed by atoms with Gasteiger partial charge in [0.05, 0.1) is 16.8 Å².